The van der Waals surface area contributed by atoms with Crippen molar-refractivity contribution in [2.45, 2.75) is 13.8 Å². The van der Waals surface area contributed by atoms with Gasteiger partial charge in [-0.3, -0.25) is 9.59 Å². The minimum absolute atomic E-state index is 0.00965. The van der Waals surface area contributed by atoms with Crippen molar-refractivity contribution in [3.8, 4) is 0 Å². The van der Waals surface area contributed by atoms with E-state index in [1.165, 1.54) is 17.4 Å². The van der Waals surface area contributed by atoms with Crippen molar-refractivity contribution in [1.82, 2.24) is 9.88 Å². The first-order chi connectivity index (χ1) is 11.5. The second-order valence-corrected chi connectivity index (χ2v) is 6.64. The summed E-state index contributed by atoms with van der Waals surface area (Å²) in [6, 6.07) is 9.60. The molecule has 2 rings (SSSR count). The van der Waals surface area contributed by atoms with Crippen molar-refractivity contribution in [1.29, 1.82) is 0 Å². The fraction of sp³-hybridized carbons (Fsp3) is 0.278. The molecule has 0 saturated carbocycles. The normalized spacial score (nSPS) is 11.0. The number of carbonyl (C=O) groups excluding carboxylic acids is 2. The van der Waals surface area contributed by atoms with E-state index in [0.29, 0.717) is 11.7 Å². The molecule has 1 aromatic carbocycles. The summed E-state index contributed by atoms with van der Waals surface area (Å²) in [7, 11) is 0. The molecule has 2 aromatic rings. The Labute approximate surface area is 146 Å². The average Bonchev–Trinajstić information content (AvgIpc) is 3.05. The zero-order valence-corrected chi connectivity index (χ0v) is 14.6. The SMILES string of the molecule is CC(C)CN(CC(=O)Nc1nccs1)C(=O)C=Cc1ccccc1. The summed E-state index contributed by atoms with van der Waals surface area (Å²) in [6.45, 7) is 4.55. The summed E-state index contributed by atoms with van der Waals surface area (Å²) >= 11 is 1.35. The number of thiazole rings is 1. The van der Waals surface area contributed by atoms with Crippen LogP contribution in [0.1, 0.15) is 19.4 Å². The first-order valence-electron chi connectivity index (χ1n) is 7.76. The molecule has 0 atom stereocenters. The number of rotatable bonds is 7. The number of amides is 2. The minimum Gasteiger partial charge on any atom is -0.330 e. The highest BCUT2D eigenvalue weighted by Crippen LogP contribution is 2.10. The molecular formula is C18H21N3O2S. The smallest absolute Gasteiger partial charge is 0.247 e. The summed E-state index contributed by atoms with van der Waals surface area (Å²) in [5.41, 5.74) is 0.947. The van der Waals surface area contributed by atoms with Crippen molar-refractivity contribution < 1.29 is 9.59 Å². The number of anilines is 1. The summed E-state index contributed by atoms with van der Waals surface area (Å²) in [6.07, 6.45) is 4.89. The predicted octanol–water partition coefficient (Wildman–Crippen LogP) is 3.28. The lowest BCUT2D eigenvalue weighted by Crippen LogP contribution is -2.39. The lowest BCUT2D eigenvalue weighted by Gasteiger charge is -2.22. The molecule has 0 spiro atoms. The Bertz CT molecular complexity index is 682. The van der Waals surface area contributed by atoms with Crippen LogP contribution in [0.25, 0.3) is 6.08 Å². The van der Waals surface area contributed by atoms with Gasteiger partial charge in [-0.2, -0.15) is 0 Å². The van der Waals surface area contributed by atoms with Gasteiger partial charge in [0, 0.05) is 24.2 Å². The average molecular weight is 343 g/mol. The highest BCUT2D eigenvalue weighted by molar-refractivity contribution is 7.13. The second-order valence-electron chi connectivity index (χ2n) is 5.74. The van der Waals surface area contributed by atoms with E-state index in [-0.39, 0.29) is 24.3 Å². The van der Waals surface area contributed by atoms with E-state index in [0.717, 1.165) is 5.56 Å². The van der Waals surface area contributed by atoms with Gasteiger partial charge in [-0.1, -0.05) is 44.2 Å². The largest absolute Gasteiger partial charge is 0.330 e. The molecule has 0 aliphatic rings. The number of benzene rings is 1. The Morgan fingerprint density at radius 3 is 2.67 bits per heavy atom. The minimum atomic E-state index is -0.243. The van der Waals surface area contributed by atoms with Crippen LogP contribution in [0.4, 0.5) is 5.13 Å². The lowest BCUT2D eigenvalue weighted by molar-refractivity contribution is -0.131. The molecule has 5 nitrogen and oxygen atoms in total. The van der Waals surface area contributed by atoms with E-state index in [1.54, 1.807) is 22.6 Å². The summed E-state index contributed by atoms with van der Waals surface area (Å²) in [5, 5.41) is 5.03. The highest BCUT2D eigenvalue weighted by Gasteiger charge is 2.17. The van der Waals surface area contributed by atoms with Crippen molar-refractivity contribution in [2.24, 2.45) is 5.92 Å². The van der Waals surface area contributed by atoms with E-state index in [2.05, 4.69) is 10.3 Å². The van der Waals surface area contributed by atoms with E-state index in [1.807, 2.05) is 44.2 Å². The molecule has 1 heterocycles. The Kier molecular flexibility index (Phi) is 6.69. The molecule has 1 aromatic heterocycles. The van der Waals surface area contributed by atoms with Crippen molar-refractivity contribution in [3.63, 3.8) is 0 Å². The Morgan fingerprint density at radius 2 is 2.04 bits per heavy atom. The van der Waals surface area contributed by atoms with Crippen LogP contribution in [0.15, 0.2) is 48.0 Å². The van der Waals surface area contributed by atoms with E-state index in [9.17, 15) is 9.59 Å². The summed E-state index contributed by atoms with van der Waals surface area (Å²) < 4.78 is 0. The van der Waals surface area contributed by atoms with Crippen LogP contribution in [-0.2, 0) is 9.59 Å². The van der Waals surface area contributed by atoms with Crippen LogP contribution < -0.4 is 5.32 Å². The van der Waals surface area contributed by atoms with Crippen LogP contribution in [-0.4, -0.2) is 34.8 Å². The molecule has 126 valence electrons. The number of nitrogens with one attached hydrogen (secondary N) is 1. The monoisotopic (exact) mass is 343 g/mol. The van der Waals surface area contributed by atoms with E-state index in [4.69, 9.17) is 0 Å². The second kappa shape index (κ2) is 8.98. The molecular weight excluding hydrogens is 322 g/mol. The molecule has 1 N–H and O–H groups in total. The van der Waals surface area contributed by atoms with E-state index < -0.39 is 0 Å². The van der Waals surface area contributed by atoms with Crippen LogP contribution in [0.5, 0.6) is 0 Å². The molecule has 0 unspecified atom stereocenters. The Hall–Kier alpha value is -2.47. The Morgan fingerprint density at radius 1 is 1.29 bits per heavy atom. The zero-order valence-electron chi connectivity index (χ0n) is 13.8. The maximum Gasteiger partial charge on any atom is 0.247 e. The van der Waals surface area contributed by atoms with Gasteiger partial charge in [0.15, 0.2) is 5.13 Å². The first kappa shape index (κ1) is 17.9. The van der Waals surface area contributed by atoms with Crippen molar-refractivity contribution in [2.75, 3.05) is 18.4 Å². The lowest BCUT2D eigenvalue weighted by atomic mass is 10.2. The summed E-state index contributed by atoms with van der Waals surface area (Å²) in [5.74, 6) is -0.152. The van der Waals surface area contributed by atoms with Gasteiger partial charge in [0.1, 0.15) is 6.54 Å². The van der Waals surface area contributed by atoms with Gasteiger partial charge < -0.3 is 10.2 Å². The molecule has 0 aliphatic carbocycles. The molecule has 0 bridgehead atoms. The summed E-state index contributed by atoms with van der Waals surface area (Å²) in [4.78, 5) is 30.1. The third-order valence-electron chi connectivity index (χ3n) is 3.13. The molecule has 0 fully saturated rings. The van der Waals surface area contributed by atoms with Gasteiger partial charge in [0.2, 0.25) is 11.8 Å². The van der Waals surface area contributed by atoms with Crippen LogP contribution in [0.2, 0.25) is 0 Å². The van der Waals surface area contributed by atoms with Crippen LogP contribution in [0, 0.1) is 5.92 Å². The molecule has 2 amide bonds. The quantitative estimate of drug-likeness (QED) is 0.785. The third kappa shape index (κ3) is 5.96. The maximum atomic E-state index is 12.4. The van der Waals surface area contributed by atoms with Crippen molar-refractivity contribution >= 4 is 34.4 Å². The molecule has 0 saturated heterocycles. The number of hydrogen-bond acceptors (Lipinski definition) is 4. The highest BCUT2D eigenvalue weighted by atomic mass is 32.1. The molecule has 6 heteroatoms. The number of nitrogens with zero attached hydrogens (tertiary/aromatic N) is 2. The Balaban J connectivity index is 1.99. The van der Waals surface area contributed by atoms with Gasteiger partial charge in [-0.05, 0) is 17.6 Å². The van der Waals surface area contributed by atoms with Crippen LogP contribution in [0.3, 0.4) is 0 Å². The third-order valence-corrected chi connectivity index (χ3v) is 3.82. The fourth-order valence-electron chi connectivity index (χ4n) is 2.13. The molecule has 0 radical (unpaired) electrons. The topological polar surface area (TPSA) is 62.3 Å². The fourth-order valence-corrected chi connectivity index (χ4v) is 2.67. The van der Waals surface area contributed by atoms with Gasteiger partial charge >= 0.3 is 0 Å². The van der Waals surface area contributed by atoms with Gasteiger partial charge in [-0.15, -0.1) is 11.3 Å². The molecule has 0 aliphatic heterocycles. The zero-order chi connectivity index (χ0) is 17.4. The van der Waals surface area contributed by atoms with Gasteiger partial charge in [0.05, 0.1) is 0 Å². The first-order valence-corrected chi connectivity index (χ1v) is 8.64. The predicted molar refractivity (Wildman–Crippen MR) is 97.6 cm³/mol. The van der Waals surface area contributed by atoms with Gasteiger partial charge in [-0.25, -0.2) is 4.98 Å². The maximum absolute atomic E-state index is 12.4. The molecule has 24 heavy (non-hydrogen) atoms. The number of aromatic nitrogens is 1. The van der Waals surface area contributed by atoms with Gasteiger partial charge in [0.25, 0.3) is 0 Å². The number of carbonyl (C=O) groups is 2. The number of hydrogen-bond donors (Lipinski definition) is 1. The standard InChI is InChI=1S/C18H21N3O2S/c1-14(2)12-21(13-16(22)20-18-19-10-11-24-18)17(23)9-8-15-6-4-3-5-7-15/h3-11,14H,12-13H2,1-2H3,(H,19,20,22). The van der Waals surface area contributed by atoms with Crippen molar-refractivity contribution in [3.05, 3.63) is 53.5 Å². The van der Waals surface area contributed by atoms with Crippen LogP contribution >= 0.6 is 11.3 Å². The van der Waals surface area contributed by atoms with E-state index >= 15 is 0 Å².